The van der Waals surface area contributed by atoms with Crippen molar-refractivity contribution in [1.82, 2.24) is 9.36 Å². The molecule has 1 N–H and O–H groups in total. The summed E-state index contributed by atoms with van der Waals surface area (Å²) in [6, 6.07) is 25.5. The predicted octanol–water partition coefficient (Wildman–Crippen LogP) is 4.09. The molecular formula is C23H19N3O3. The molecule has 29 heavy (non-hydrogen) atoms. The summed E-state index contributed by atoms with van der Waals surface area (Å²) < 4.78 is 8.05. The molecule has 0 radical (unpaired) electrons. The van der Waals surface area contributed by atoms with E-state index < -0.39 is 0 Å². The summed E-state index contributed by atoms with van der Waals surface area (Å²) in [6.45, 7) is 0. The van der Waals surface area contributed by atoms with E-state index in [2.05, 4.69) is 4.99 Å². The number of aromatic nitrogens is 2. The Morgan fingerprint density at radius 3 is 1.93 bits per heavy atom. The molecule has 1 heterocycles. The Kier molecular flexibility index (Phi) is 4.99. The third kappa shape index (κ3) is 3.55. The maximum absolute atomic E-state index is 13.2. The van der Waals surface area contributed by atoms with Crippen LogP contribution in [0.2, 0.25) is 0 Å². The predicted molar refractivity (Wildman–Crippen MR) is 113 cm³/mol. The maximum Gasteiger partial charge on any atom is 0.284 e. The van der Waals surface area contributed by atoms with Crippen molar-refractivity contribution >= 4 is 11.9 Å². The van der Waals surface area contributed by atoms with Gasteiger partial charge in [0, 0.05) is 6.21 Å². The summed E-state index contributed by atoms with van der Waals surface area (Å²) >= 11 is 0. The molecule has 0 aliphatic carbocycles. The quantitative estimate of drug-likeness (QED) is 0.526. The maximum atomic E-state index is 13.2. The van der Waals surface area contributed by atoms with E-state index in [1.54, 1.807) is 31.4 Å². The minimum atomic E-state index is -0.366. The lowest BCUT2D eigenvalue weighted by atomic mass is 10.3. The Balaban J connectivity index is 1.86. The van der Waals surface area contributed by atoms with Crippen molar-refractivity contribution < 1.29 is 9.84 Å². The molecule has 0 fully saturated rings. The number of hydrogen-bond acceptors (Lipinski definition) is 4. The van der Waals surface area contributed by atoms with Crippen LogP contribution in [0, 0.1) is 0 Å². The normalized spacial score (nSPS) is 11.1. The highest BCUT2D eigenvalue weighted by Crippen LogP contribution is 2.23. The van der Waals surface area contributed by atoms with E-state index in [0.29, 0.717) is 22.8 Å². The molecule has 0 unspecified atom stereocenters. The van der Waals surface area contributed by atoms with Crippen LogP contribution in [0.3, 0.4) is 0 Å². The van der Waals surface area contributed by atoms with Gasteiger partial charge in [-0.1, -0.05) is 36.4 Å². The third-order valence-corrected chi connectivity index (χ3v) is 4.48. The van der Waals surface area contributed by atoms with Crippen molar-refractivity contribution in [2.24, 2.45) is 4.99 Å². The second-order valence-electron chi connectivity index (χ2n) is 6.29. The smallest absolute Gasteiger partial charge is 0.284 e. The van der Waals surface area contributed by atoms with Gasteiger partial charge in [-0.2, -0.15) is 0 Å². The highest BCUT2D eigenvalue weighted by atomic mass is 16.5. The Labute approximate surface area is 167 Å². The number of nitrogens with zero attached hydrogens (tertiary/aromatic N) is 3. The van der Waals surface area contributed by atoms with Gasteiger partial charge < -0.3 is 9.84 Å². The molecular weight excluding hydrogens is 366 g/mol. The first-order valence-electron chi connectivity index (χ1n) is 9.05. The summed E-state index contributed by atoms with van der Waals surface area (Å²) in [7, 11) is 1.59. The zero-order valence-corrected chi connectivity index (χ0v) is 15.8. The molecule has 0 bridgehead atoms. The number of aromatic hydroxyl groups is 1. The molecule has 0 spiro atoms. The van der Waals surface area contributed by atoms with Gasteiger partial charge in [0.1, 0.15) is 11.3 Å². The molecule has 1 aromatic heterocycles. The van der Waals surface area contributed by atoms with Crippen LogP contribution in [0.25, 0.3) is 11.4 Å². The Morgan fingerprint density at radius 1 is 0.828 bits per heavy atom. The number of aliphatic imine (C=N–C) groups is 1. The number of ether oxygens (including phenoxy) is 1. The van der Waals surface area contributed by atoms with Crippen LogP contribution in [0.4, 0.5) is 5.69 Å². The molecule has 0 saturated carbocycles. The van der Waals surface area contributed by atoms with Crippen molar-refractivity contribution in [3.63, 3.8) is 0 Å². The Morgan fingerprint density at radius 2 is 1.38 bits per heavy atom. The molecule has 6 nitrogen and oxygen atoms in total. The molecule has 0 aliphatic heterocycles. The van der Waals surface area contributed by atoms with Gasteiger partial charge in [-0.15, -0.1) is 0 Å². The Hall–Kier alpha value is -4.06. The van der Waals surface area contributed by atoms with Gasteiger partial charge in [-0.3, -0.25) is 9.79 Å². The van der Waals surface area contributed by atoms with Crippen molar-refractivity contribution in [2.45, 2.75) is 0 Å². The van der Waals surface area contributed by atoms with E-state index in [1.807, 2.05) is 60.7 Å². The van der Waals surface area contributed by atoms with Crippen molar-refractivity contribution in [3.05, 3.63) is 101 Å². The van der Waals surface area contributed by atoms with E-state index in [1.165, 1.54) is 15.6 Å². The monoisotopic (exact) mass is 385 g/mol. The lowest BCUT2D eigenvalue weighted by Crippen LogP contribution is -2.21. The summed E-state index contributed by atoms with van der Waals surface area (Å²) in [4.78, 5) is 17.5. The van der Waals surface area contributed by atoms with Gasteiger partial charge in [0.2, 0.25) is 5.88 Å². The summed E-state index contributed by atoms with van der Waals surface area (Å²) in [5, 5.41) is 10.9. The molecule has 4 aromatic rings. The van der Waals surface area contributed by atoms with E-state index >= 15 is 0 Å². The summed E-state index contributed by atoms with van der Waals surface area (Å²) in [5.74, 6) is 0.538. The molecule has 144 valence electrons. The first kappa shape index (κ1) is 18.3. The number of para-hydroxylation sites is 2. The number of hydrogen-bond donors (Lipinski definition) is 1. The van der Waals surface area contributed by atoms with Crippen molar-refractivity contribution in [3.8, 4) is 23.0 Å². The SMILES string of the molecule is COc1ccc(N=Cc2c(O)n(-c3ccccc3)n(-c3ccccc3)c2=O)cc1. The van der Waals surface area contributed by atoms with Crippen LogP contribution in [-0.4, -0.2) is 27.8 Å². The lowest BCUT2D eigenvalue weighted by molar-refractivity contribution is 0.415. The van der Waals surface area contributed by atoms with Gasteiger partial charge in [0.15, 0.2) is 0 Å². The van der Waals surface area contributed by atoms with Gasteiger partial charge in [-0.25, -0.2) is 9.36 Å². The van der Waals surface area contributed by atoms with Gasteiger partial charge >= 0.3 is 0 Å². The minimum Gasteiger partial charge on any atom is -0.497 e. The standard InChI is InChI=1S/C23H19N3O3/c1-29-20-14-12-17(13-15-20)24-16-21-22(27)25(18-8-4-2-5-9-18)26(23(21)28)19-10-6-3-7-11-19/h2-16,27H,1H3. The van der Waals surface area contributed by atoms with E-state index in [-0.39, 0.29) is 17.0 Å². The van der Waals surface area contributed by atoms with E-state index in [4.69, 9.17) is 4.74 Å². The van der Waals surface area contributed by atoms with E-state index in [0.717, 1.165) is 0 Å². The molecule has 6 heteroatoms. The Bertz CT molecular complexity index is 1190. The second kappa shape index (κ2) is 7.90. The highest BCUT2D eigenvalue weighted by Gasteiger charge is 2.20. The van der Waals surface area contributed by atoms with Gasteiger partial charge in [0.05, 0.1) is 24.2 Å². The number of methoxy groups -OCH3 is 1. The van der Waals surface area contributed by atoms with Crippen LogP contribution in [-0.2, 0) is 0 Å². The largest absolute Gasteiger partial charge is 0.497 e. The van der Waals surface area contributed by atoms with Crippen LogP contribution in [0.1, 0.15) is 5.56 Å². The fraction of sp³-hybridized carbons (Fsp3) is 0.0435. The summed E-state index contributed by atoms with van der Waals surface area (Å²) in [5.41, 5.74) is 1.68. The summed E-state index contributed by atoms with van der Waals surface area (Å²) in [6.07, 6.45) is 1.39. The zero-order valence-electron chi connectivity index (χ0n) is 15.8. The topological polar surface area (TPSA) is 68.8 Å². The van der Waals surface area contributed by atoms with Crippen LogP contribution in [0.5, 0.6) is 11.6 Å². The fourth-order valence-electron chi connectivity index (χ4n) is 3.04. The van der Waals surface area contributed by atoms with Gasteiger partial charge in [0.25, 0.3) is 5.56 Å². The van der Waals surface area contributed by atoms with Crippen LogP contribution >= 0.6 is 0 Å². The zero-order chi connectivity index (χ0) is 20.2. The van der Waals surface area contributed by atoms with Gasteiger partial charge in [-0.05, 0) is 48.5 Å². The number of benzene rings is 3. The fourth-order valence-corrected chi connectivity index (χ4v) is 3.04. The lowest BCUT2D eigenvalue weighted by Gasteiger charge is -2.12. The van der Waals surface area contributed by atoms with E-state index in [9.17, 15) is 9.90 Å². The van der Waals surface area contributed by atoms with Crippen molar-refractivity contribution in [2.75, 3.05) is 7.11 Å². The van der Waals surface area contributed by atoms with Crippen molar-refractivity contribution in [1.29, 1.82) is 0 Å². The average molecular weight is 385 g/mol. The second-order valence-corrected chi connectivity index (χ2v) is 6.29. The molecule has 0 aliphatic rings. The van der Waals surface area contributed by atoms with Crippen LogP contribution in [0.15, 0.2) is 94.7 Å². The average Bonchev–Trinajstić information content (AvgIpc) is 3.03. The minimum absolute atomic E-state index is 0.105. The first-order chi connectivity index (χ1) is 14.2. The molecule has 3 aromatic carbocycles. The first-order valence-corrected chi connectivity index (χ1v) is 9.05. The number of rotatable bonds is 5. The highest BCUT2D eigenvalue weighted by molar-refractivity contribution is 5.85. The molecule has 0 amide bonds. The van der Waals surface area contributed by atoms with Crippen LogP contribution < -0.4 is 10.3 Å². The molecule has 0 atom stereocenters. The molecule has 4 rings (SSSR count). The molecule has 0 saturated heterocycles. The third-order valence-electron chi connectivity index (χ3n) is 4.48.